The molecule has 2 aromatic rings. The van der Waals surface area contributed by atoms with E-state index in [1.165, 1.54) is 36.8 Å². The van der Waals surface area contributed by atoms with Crippen LogP contribution in [0.3, 0.4) is 0 Å². The van der Waals surface area contributed by atoms with Crippen molar-refractivity contribution in [1.29, 1.82) is 0 Å². The zero-order valence-electron chi connectivity index (χ0n) is 13.1. The molecule has 1 aromatic carbocycles. The summed E-state index contributed by atoms with van der Waals surface area (Å²) in [6.45, 7) is 0. The summed E-state index contributed by atoms with van der Waals surface area (Å²) >= 11 is 0. The van der Waals surface area contributed by atoms with Crippen molar-refractivity contribution in [3.05, 3.63) is 48.3 Å². The predicted octanol–water partition coefficient (Wildman–Crippen LogP) is 4.18. The smallest absolute Gasteiger partial charge is 0.0703 e. The first-order chi connectivity index (χ1) is 10.8. The van der Waals surface area contributed by atoms with Gasteiger partial charge >= 0.3 is 0 Å². The molecule has 2 unspecified atom stereocenters. The van der Waals surface area contributed by atoms with Crippen molar-refractivity contribution in [1.82, 2.24) is 9.88 Å². The molecule has 3 heteroatoms. The van der Waals surface area contributed by atoms with Crippen molar-refractivity contribution >= 4 is 16.6 Å². The van der Waals surface area contributed by atoms with Crippen LogP contribution in [0.25, 0.3) is 10.9 Å². The number of nitrogens with zero attached hydrogens (tertiary/aromatic N) is 2. The van der Waals surface area contributed by atoms with Gasteiger partial charge in [0, 0.05) is 29.6 Å². The summed E-state index contributed by atoms with van der Waals surface area (Å²) in [5.74, 6) is 0. The Hall–Kier alpha value is -1.87. The Morgan fingerprint density at radius 1 is 1.18 bits per heavy atom. The first-order valence-corrected chi connectivity index (χ1v) is 8.34. The van der Waals surface area contributed by atoms with E-state index >= 15 is 0 Å². The van der Waals surface area contributed by atoms with Crippen molar-refractivity contribution < 1.29 is 0 Å². The molecule has 2 aliphatic rings. The van der Waals surface area contributed by atoms with Gasteiger partial charge < -0.3 is 5.32 Å². The van der Waals surface area contributed by atoms with Crippen molar-refractivity contribution in [3.8, 4) is 0 Å². The van der Waals surface area contributed by atoms with Crippen molar-refractivity contribution in [2.45, 2.75) is 44.2 Å². The first-order valence-electron chi connectivity index (χ1n) is 8.34. The SMILES string of the molecule is CN1C2C=C(Nc3cnc4ccccc4c3)CC1CCCC2. The number of anilines is 1. The zero-order valence-corrected chi connectivity index (χ0v) is 13.1. The Bertz CT molecular complexity index is 707. The van der Waals surface area contributed by atoms with Gasteiger partial charge in [-0.15, -0.1) is 0 Å². The number of fused-ring (bicyclic) bond motifs is 3. The third kappa shape index (κ3) is 2.61. The second-order valence-corrected chi connectivity index (χ2v) is 6.61. The van der Waals surface area contributed by atoms with E-state index in [1.807, 2.05) is 12.3 Å². The molecular weight excluding hydrogens is 270 g/mol. The van der Waals surface area contributed by atoms with Gasteiger partial charge in [-0.3, -0.25) is 9.88 Å². The molecule has 0 saturated carbocycles. The normalized spacial score (nSPS) is 25.6. The fraction of sp³-hybridized carbons (Fsp3) is 0.421. The van der Waals surface area contributed by atoms with E-state index in [1.54, 1.807) is 0 Å². The Morgan fingerprint density at radius 2 is 2.05 bits per heavy atom. The number of rotatable bonds is 2. The van der Waals surface area contributed by atoms with E-state index in [2.05, 4.69) is 52.6 Å². The van der Waals surface area contributed by atoms with Crippen LogP contribution in [0.15, 0.2) is 48.3 Å². The lowest BCUT2D eigenvalue weighted by molar-refractivity contribution is 0.189. The molecule has 4 rings (SSSR count). The van der Waals surface area contributed by atoms with E-state index < -0.39 is 0 Å². The summed E-state index contributed by atoms with van der Waals surface area (Å²) in [6.07, 6.45) is 10.8. The van der Waals surface area contributed by atoms with Crippen LogP contribution in [0.2, 0.25) is 0 Å². The van der Waals surface area contributed by atoms with Gasteiger partial charge in [0.05, 0.1) is 17.4 Å². The molecule has 3 nitrogen and oxygen atoms in total. The van der Waals surface area contributed by atoms with Gasteiger partial charge in [0.25, 0.3) is 0 Å². The van der Waals surface area contributed by atoms with Crippen LogP contribution in [-0.4, -0.2) is 29.0 Å². The Labute approximate surface area is 132 Å². The minimum Gasteiger partial charge on any atom is -0.358 e. The van der Waals surface area contributed by atoms with E-state index in [-0.39, 0.29) is 0 Å². The Kier molecular flexibility index (Phi) is 3.59. The van der Waals surface area contributed by atoms with Gasteiger partial charge in [0.2, 0.25) is 0 Å². The summed E-state index contributed by atoms with van der Waals surface area (Å²) in [5.41, 5.74) is 3.53. The summed E-state index contributed by atoms with van der Waals surface area (Å²) in [6, 6.07) is 11.8. The van der Waals surface area contributed by atoms with Gasteiger partial charge in [-0.2, -0.15) is 0 Å². The maximum atomic E-state index is 4.55. The second-order valence-electron chi connectivity index (χ2n) is 6.61. The maximum absolute atomic E-state index is 4.55. The van der Waals surface area contributed by atoms with Crippen molar-refractivity contribution in [2.24, 2.45) is 0 Å². The highest BCUT2D eigenvalue weighted by molar-refractivity contribution is 5.81. The standard InChI is InChI=1S/C19H23N3/c1-22-17-7-3-4-8-18(22)12-15(11-17)21-16-10-14-6-2-5-9-19(14)20-13-16/h2,5-6,9-11,13,17-18,21H,3-4,7-8,12H2,1H3. The molecule has 1 fully saturated rings. The van der Waals surface area contributed by atoms with Crippen LogP contribution in [0, 0.1) is 0 Å². The molecule has 22 heavy (non-hydrogen) atoms. The van der Waals surface area contributed by atoms with Gasteiger partial charge in [-0.05, 0) is 38.1 Å². The molecule has 0 amide bonds. The largest absolute Gasteiger partial charge is 0.358 e. The lowest BCUT2D eigenvalue weighted by atomic mass is 9.99. The number of hydrogen-bond acceptors (Lipinski definition) is 3. The third-order valence-electron chi connectivity index (χ3n) is 5.13. The molecule has 1 saturated heterocycles. The number of nitrogens with one attached hydrogen (secondary N) is 1. The number of aromatic nitrogens is 1. The number of benzene rings is 1. The van der Waals surface area contributed by atoms with Gasteiger partial charge in [-0.1, -0.05) is 31.0 Å². The van der Waals surface area contributed by atoms with E-state index in [9.17, 15) is 0 Å². The molecule has 0 spiro atoms. The summed E-state index contributed by atoms with van der Waals surface area (Å²) in [5, 5.41) is 4.81. The Morgan fingerprint density at radius 3 is 3.00 bits per heavy atom. The predicted molar refractivity (Wildman–Crippen MR) is 91.9 cm³/mol. The van der Waals surface area contributed by atoms with Crippen molar-refractivity contribution in [2.75, 3.05) is 12.4 Å². The lowest BCUT2D eigenvalue weighted by Crippen LogP contribution is -2.42. The third-order valence-corrected chi connectivity index (χ3v) is 5.13. The van der Waals surface area contributed by atoms with E-state index in [4.69, 9.17) is 0 Å². The molecule has 2 atom stereocenters. The minimum absolute atomic E-state index is 0.595. The van der Waals surface area contributed by atoms with Crippen LogP contribution in [0.1, 0.15) is 32.1 Å². The monoisotopic (exact) mass is 293 g/mol. The number of pyridine rings is 1. The maximum Gasteiger partial charge on any atom is 0.0703 e. The highest BCUT2D eigenvalue weighted by Crippen LogP contribution is 2.31. The molecule has 0 radical (unpaired) electrons. The molecule has 1 aromatic heterocycles. The van der Waals surface area contributed by atoms with E-state index in [0.29, 0.717) is 12.1 Å². The number of hydrogen-bond donors (Lipinski definition) is 1. The van der Waals surface area contributed by atoms with Crippen LogP contribution >= 0.6 is 0 Å². The number of para-hydroxylation sites is 1. The topological polar surface area (TPSA) is 28.2 Å². The molecule has 0 aliphatic carbocycles. The van der Waals surface area contributed by atoms with Gasteiger partial charge in [-0.25, -0.2) is 0 Å². The average molecular weight is 293 g/mol. The zero-order chi connectivity index (χ0) is 14.9. The minimum atomic E-state index is 0.595. The van der Waals surface area contributed by atoms with Crippen LogP contribution in [-0.2, 0) is 0 Å². The highest BCUT2D eigenvalue weighted by Gasteiger charge is 2.29. The van der Waals surface area contributed by atoms with Gasteiger partial charge in [0.15, 0.2) is 0 Å². The van der Waals surface area contributed by atoms with Crippen molar-refractivity contribution in [3.63, 3.8) is 0 Å². The van der Waals surface area contributed by atoms with Crippen LogP contribution in [0.4, 0.5) is 5.69 Å². The fourth-order valence-corrected chi connectivity index (χ4v) is 3.83. The van der Waals surface area contributed by atoms with Crippen LogP contribution in [0.5, 0.6) is 0 Å². The summed E-state index contributed by atoms with van der Waals surface area (Å²) < 4.78 is 0. The molecule has 2 bridgehead atoms. The quantitative estimate of drug-likeness (QED) is 0.900. The number of likely N-dealkylation sites (N-methyl/N-ethyl adjacent to an activating group) is 1. The second kappa shape index (κ2) is 5.73. The molecule has 2 aliphatic heterocycles. The summed E-state index contributed by atoms with van der Waals surface area (Å²) in [7, 11) is 2.28. The van der Waals surface area contributed by atoms with E-state index in [0.717, 1.165) is 17.6 Å². The molecule has 114 valence electrons. The first kappa shape index (κ1) is 13.8. The fourth-order valence-electron chi connectivity index (χ4n) is 3.83. The Balaban J connectivity index is 1.59. The van der Waals surface area contributed by atoms with Gasteiger partial charge in [0.1, 0.15) is 0 Å². The average Bonchev–Trinajstić information content (AvgIpc) is 2.64. The van der Waals surface area contributed by atoms with Crippen LogP contribution < -0.4 is 5.32 Å². The summed E-state index contributed by atoms with van der Waals surface area (Å²) in [4.78, 5) is 7.12. The lowest BCUT2D eigenvalue weighted by Gasteiger charge is -2.37. The molecule has 1 N–H and O–H groups in total. The molecule has 3 heterocycles. The molecular formula is C19H23N3. The highest BCUT2D eigenvalue weighted by atomic mass is 15.2.